The SMILES string of the molecule is COc1c(F)cc(F)cc1C=CCCNC(=O)OCc1ccccc1. The zero-order chi connectivity index (χ0) is 18.1. The minimum absolute atomic E-state index is 0.0205. The van der Waals surface area contributed by atoms with Gasteiger partial charge in [0.15, 0.2) is 11.6 Å². The molecule has 1 amide bonds. The monoisotopic (exact) mass is 347 g/mol. The van der Waals surface area contributed by atoms with Crippen molar-refractivity contribution in [1.82, 2.24) is 5.32 Å². The van der Waals surface area contributed by atoms with Crippen molar-refractivity contribution in [2.24, 2.45) is 0 Å². The highest BCUT2D eigenvalue weighted by Crippen LogP contribution is 2.25. The lowest BCUT2D eigenvalue weighted by molar-refractivity contribution is 0.140. The Bertz CT molecular complexity index is 733. The summed E-state index contributed by atoms with van der Waals surface area (Å²) >= 11 is 0. The van der Waals surface area contributed by atoms with Crippen LogP contribution in [0.2, 0.25) is 0 Å². The number of carbonyl (C=O) groups excluding carboxylic acids is 1. The Hall–Kier alpha value is -2.89. The normalized spacial score (nSPS) is 10.7. The third-order valence-electron chi connectivity index (χ3n) is 3.33. The molecule has 0 saturated carbocycles. The van der Waals surface area contributed by atoms with Gasteiger partial charge >= 0.3 is 6.09 Å². The van der Waals surface area contributed by atoms with Gasteiger partial charge in [-0.2, -0.15) is 0 Å². The molecule has 0 aromatic heterocycles. The van der Waals surface area contributed by atoms with Gasteiger partial charge in [-0.15, -0.1) is 0 Å². The molecule has 0 aliphatic carbocycles. The van der Waals surface area contributed by atoms with Crippen molar-refractivity contribution in [3.8, 4) is 5.75 Å². The van der Waals surface area contributed by atoms with E-state index in [2.05, 4.69) is 5.32 Å². The van der Waals surface area contributed by atoms with E-state index in [-0.39, 0.29) is 12.4 Å². The number of hydrogen-bond donors (Lipinski definition) is 1. The number of carbonyl (C=O) groups is 1. The number of amides is 1. The molecule has 6 heteroatoms. The first kappa shape index (κ1) is 18.4. The zero-order valence-electron chi connectivity index (χ0n) is 13.8. The lowest BCUT2D eigenvalue weighted by Gasteiger charge is -2.07. The summed E-state index contributed by atoms with van der Waals surface area (Å²) < 4.78 is 36.8. The molecule has 0 fully saturated rings. The Labute approximate surface area is 145 Å². The number of benzene rings is 2. The highest BCUT2D eigenvalue weighted by molar-refractivity contribution is 5.67. The minimum atomic E-state index is -0.759. The Morgan fingerprint density at radius 2 is 1.96 bits per heavy atom. The summed E-state index contributed by atoms with van der Waals surface area (Å²) in [7, 11) is 1.32. The molecule has 2 rings (SSSR count). The van der Waals surface area contributed by atoms with Crippen LogP contribution in [0.3, 0.4) is 0 Å². The molecule has 1 N–H and O–H groups in total. The molecule has 0 bridgehead atoms. The van der Waals surface area contributed by atoms with Crippen molar-refractivity contribution < 1.29 is 23.0 Å². The van der Waals surface area contributed by atoms with Gasteiger partial charge in [-0.3, -0.25) is 0 Å². The highest BCUT2D eigenvalue weighted by atomic mass is 19.1. The van der Waals surface area contributed by atoms with Gasteiger partial charge in [0.1, 0.15) is 12.4 Å². The summed E-state index contributed by atoms with van der Waals surface area (Å²) in [5.74, 6) is -1.46. The Morgan fingerprint density at radius 3 is 2.68 bits per heavy atom. The fourth-order valence-corrected chi connectivity index (χ4v) is 2.16. The number of methoxy groups -OCH3 is 1. The van der Waals surface area contributed by atoms with Crippen molar-refractivity contribution in [3.05, 3.63) is 71.3 Å². The zero-order valence-corrected chi connectivity index (χ0v) is 13.8. The van der Waals surface area contributed by atoms with E-state index in [1.807, 2.05) is 30.3 Å². The Morgan fingerprint density at radius 1 is 1.20 bits per heavy atom. The molecule has 132 valence electrons. The quantitative estimate of drug-likeness (QED) is 0.760. The average molecular weight is 347 g/mol. The van der Waals surface area contributed by atoms with E-state index in [0.29, 0.717) is 18.5 Å². The van der Waals surface area contributed by atoms with Crippen LogP contribution in [0.4, 0.5) is 13.6 Å². The van der Waals surface area contributed by atoms with E-state index in [1.165, 1.54) is 13.2 Å². The summed E-state index contributed by atoms with van der Waals surface area (Å²) in [5.41, 5.74) is 1.20. The predicted molar refractivity (Wildman–Crippen MR) is 91.2 cm³/mol. The number of alkyl carbamates (subject to hydrolysis) is 1. The molecule has 0 spiro atoms. The molecule has 0 heterocycles. The fraction of sp³-hybridized carbons (Fsp3) is 0.211. The number of nitrogens with one attached hydrogen (secondary N) is 1. The van der Waals surface area contributed by atoms with Crippen LogP contribution in [0.1, 0.15) is 17.5 Å². The molecular weight excluding hydrogens is 328 g/mol. The summed E-state index contributed by atoms with van der Waals surface area (Å²) in [6.07, 6.45) is 3.18. The van der Waals surface area contributed by atoms with Gasteiger partial charge in [0.25, 0.3) is 0 Å². The maximum absolute atomic E-state index is 13.5. The van der Waals surface area contributed by atoms with Crippen LogP contribution in [0, 0.1) is 11.6 Å². The molecule has 0 aliphatic rings. The first-order valence-electron chi connectivity index (χ1n) is 7.74. The smallest absolute Gasteiger partial charge is 0.407 e. The second-order valence-electron chi connectivity index (χ2n) is 5.19. The Kier molecular flexibility index (Phi) is 6.95. The standard InChI is InChI=1S/C19H19F2NO3/c1-24-18-15(11-16(20)12-17(18)21)9-5-6-10-22-19(23)25-13-14-7-3-2-4-8-14/h2-5,7-9,11-12H,6,10,13H2,1H3,(H,22,23). The minimum Gasteiger partial charge on any atom is -0.493 e. The molecule has 2 aromatic rings. The second kappa shape index (κ2) is 9.42. The molecule has 2 aromatic carbocycles. The van der Waals surface area contributed by atoms with Crippen LogP contribution in [-0.4, -0.2) is 19.7 Å². The van der Waals surface area contributed by atoms with E-state index in [0.717, 1.165) is 11.6 Å². The summed E-state index contributed by atoms with van der Waals surface area (Å²) in [6.45, 7) is 0.534. The van der Waals surface area contributed by atoms with Gasteiger partial charge < -0.3 is 14.8 Å². The first-order valence-corrected chi connectivity index (χ1v) is 7.74. The van der Waals surface area contributed by atoms with Crippen molar-refractivity contribution in [1.29, 1.82) is 0 Å². The van der Waals surface area contributed by atoms with Crippen LogP contribution >= 0.6 is 0 Å². The van der Waals surface area contributed by atoms with Crippen molar-refractivity contribution in [2.45, 2.75) is 13.0 Å². The van der Waals surface area contributed by atoms with Gasteiger partial charge in [-0.25, -0.2) is 13.6 Å². The van der Waals surface area contributed by atoms with Gasteiger partial charge in [0, 0.05) is 18.2 Å². The molecule has 0 aliphatic heterocycles. The summed E-state index contributed by atoms with van der Waals surface area (Å²) in [4.78, 5) is 11.6. The van der Waals surface area contributed by atoms with E-state index in [9.17, 15) is 13.6 Å². The largest absolute Gasteiger partial charge is 0.493 e. The first-order chi connectivity index (χ1) is 12.1. The topological polar surface area (TPSA) is 47.6 Å². The van der Waals surface area contributed by atoms with Crippen molar-refractivity contribution in [2.75, 3.05) is 13.7 Å². The lowest BCUT2D eigenvalue weighted by Crippen LogP contribution is -2.24. The van der Waals surface area contributed by atoms with Gasteiger partial charge in [0.05, 0.1) is 7.11 Å². The van der Waals surface area contributed by atoms with Crippen LogP contribution in [-0.2, 0) is 11.3 Å². The van der Waals surface area contributed by atoms with Crippen LogP contribution in [0.25, 0.3) is 6.08 Å². The molecule has 0 radical (unpaired) electrons. The van der Waals surface area contributed by atoms with Crippen LogP contribution < -0.4 is 10.1 Å². The second-order valence-corrected chi connectivity index (χ2v) is 5.19. The molecule has 0 atom stereocenters. The van der Waals surface area contributed by atoms with E-state index < -0.39 is 17.7 Å². The van der Waals surface area contributed by atoms with Gasteiger partial charge in [-0.1, -0.05) is 42.5 Å². The highest BCUT2D eigenvalue weighted by Gasteiger charge is 2.09. The Balaban J connectivity index is 1.75. The average Bonchev–Trinajstić information content (AvgIpc) is 2.60. The number of hydrogen-bond acceptors (Lipinski definition) is 3. The van der Waals surface area contributed by atoms with E-state index in [4.69, 9.17) is 9.47 Å². The lowest BCUT2D eigenvalue weighted by atomic mass is 10.1. The fourth-order valence-electron chi connectivity index (χ4n) is 2.16. The maximum atomic E-state index is 13.5. The summed E-state index contributed by atoms with van der Waals surface area (Å²) in [6, 6.07) is 11.3. The number of halogens is 2. The van der Waals surface area contributed by atoms with Crippen LogP contribution in [0.15, 0.2) is 48.5 Å². The van der Waals surface area contributed by atoms with Crippen molar-refractivity contribution >= 4 is 12.2 Å². The molecule has 0 unspecified atom stereocenters. The van der Waals surface area contributed by atoms with Crippen LogP contribution in [0.5, 0.6) is 5.75 Å². The van der Waals surface area contributed by atoms with E-state index in [1.54, 1.807) is 12.2 Å². The number of ether oxygens (including phenoxy) is 2. The maximum Gasteiger partial charge on any atom is 0.407 e. The van der Waals surface area contributed by atoms with Gasteiger partial charge in [0.2, 0.25) is 0 Å². The molecule has 25 heavy (non-hydrogen) atoms. The molecular formula is C19H19F2NO3. The third-order valence-corrected chi connectivity index (χ3v) is 3.33. The van der Waals surface area contributed by atoms with Crippen molar-refractivity contribution in [3.63, 3.8) is 0 Å². The van der Waals surface area contributed by atoms with E-state index >= 15 is 0 Å². The number of rotatable bonds is 7. The molecule has 0 saturated heterocycles. The third kappa shape index (κ3) is 5.91. The summed E-state index contributed by atoms with van der Waals surface area (Å²) in [5, 5.41) is 2.60. The molecule has 4 nitrogen and oxygen atoms in total. The predicted octanol–water partition coefficient (Wildman–Crippen LogP) is 4.30. The van der Waals surface area contributed by atoms with Gasteiger partial charge in [-0.05, 0) is 18.1 Å².